The molecule has 0 amide bonds. The van der Waals surface area contributed by atoms with Crippen molar-refractivity contribution in [2.45, 2.75) is 0 Å². The number of nitrogens with zero attached hydrogens (tertiary/aromatic N) is 2. The van der Waals surface area contributed by atoms with Crippen molar-refractivity contribution < 1.29 is 19.2 Å². The monoisotopic (exact) mass is 347 g/mol. The Balaban J connectivity index is 2.10. The van der Waals surface area contributed by atoms with Gasteiger partial charge in [-0.2, -0.15) is 0 Å². The quantitative estimate of drug-likeness (QED) is 0.624. The molecule has 0 radical (unpaired) electrons. The zero-order chi connectivity index (χ0) is 17.3. The van der Waals surface area contributed by atoms with Crippen molar-refractivity contribution in [3.63, 3.8) is 0 Å². The highest BCUT2D eigenvalue weighted by Gasteiger charge is 2.19. The van der Waals surface area contributed by atoms with Gasteiger partial charge in [-0.25, -0.2) is 14.4 Å². The van der Waals surface area contributed by atoms with Crippen molar-refractivity contribution in [2.24, 2.45) is 0 Å². The van der Waals surface area contributed by atoms with Gasteiger partial charge in [-0.15, -0.1) is 0 Å². The van der Waals surface area contributed by atoms with E-state index >= 15 is 0 Å². The first-order chi connectivity index (χ1) is 11.5. The molecule has 0 aliphatic heterocycles. The average molecular weight is 348 g/mol. The number of fused-ring (bicyclic) bond motifs is 1. The van der Waals surface area contributed by atoms with Crippen LogP contribution in [0.4, 0.5) is 15.9 Å². The molecule has 24 heavy (non-hydrogen) atoms. The van der Waals surface area contributed by atoms with E-state index in [1.54, 1.807) is 6.07 Å². The lowest BCUT2D eigenvalue weighted by Crippen LogP contribution is -2.31. The molecule has 122 valence electrons. The molecule has 0 bridgehead atoms. The van der Waals surface area contributed by atoms with Crippen LogP contribution < -0.4 is 15.5 Å². The van der Waals surface area contributed by atoms with Crippen LogP contribution in [0.1, 0.15) is 0 Å². The number of benzene rings is 2. The molecule has 0 atom stereocenters. The summed E-state index contributed by atoms with van der Waals surface area (Å²) in [5, 5.41) is 22.5. The normalized spacial score (nSPS) is 10.7. The van der Waals surface area contributed by atoms with Gasteiger partial charge in [0.25, 0.3) is 0 Å². The van der Waals surface area contributed by atoms with Gasteiger partial charge in [0.05, 0.1) is 17.6 Å². The van der Waals surface area contributed by atoms with Gasteiger partial charge in [-0.1, -0.05) is 11.6 Å². The third-order valence-electron chi connectivity index (χ3n) is 3.45. The zero-order valence-corrected chi connectivity index (χ0v) is 13.3. The number of aromatic nitrogens is 2. The molecule has 0 aliphatic carbocycles. The van der Waals surface area contributed by atoms with E-state index in [0.29, 0.717) is 28.2 Å². The van der Waals surface area contributed by atoms with Gasteiger partial charge in [-0.05, 0) is 24.3 Å². The minimum atomic E-state index is -1.71. The lowest BCUT2D eigenvalue weighted by molar-refractivity contribution is 0.403. The maximum Gasteiger partial charge on any atom is 0.492 e. The second-order valence-corrected chi connectivity index (χ2v) is 5.37. The van der Waals surface area contributed by atoms with Crippen LogP contribution in [-0.4, -0.2) is 34.2 Å². The molecule has 9 heteroatoms. The van der Waals surface area contributed by atoms with E-state index in [1.807, 2.05) is 0 Å². The molecule has 2 aromatic carbocycles. The van der Waals surface area contributed by atoms with Gasteiger partial charge in [0.1, 0.15) is 23.7 Å². The number of nitrogens with one attached hydrogen (secondary N) is 1. The van der Waals surface area contributed by atoms with Gasteiger partial charge in [0.15, 0.2) is 0 Å². The van der Waals surface area contributed by atoms with Crippen LogP contribution in [0.2, 0.25) is 5.02 Å². The molecule has 0 fully saturated rings. The highest BCUT2D eigenvalue weighted by atomic mass is 35.5. The zero-order valence-electron chi connectivity index (χ0n) is 12.5. The van der Waals surface area contributed by atoms with Crippen molar-refractivity contribution in [2.75, 3.05) is 12.4 Å². The van der Waals surface area contributed by atoms with Crippen LogP contribution in [0.25, 0.3) is 10.9 Å². The first-order valence-corrected chi connectivity index (χ1v) is 7.28. The van der Waals surface area contributed by atoms with Gasteiger partial charge < -0.3 is 20.1 Å². The largest absolute Gasteiger partial charge is 0.497 e. The van der Waals surface area contributed by atoms with E-state index in [2.05, 4.69) is 15.3 Å². The molecule has 6 nitrogen and oxygen atoms in total. The molecule has 0 aliphatic rings. The summed E-state index contributed by atoms with van der Waals surface area (Å²) >= 11 is 5.77. The van der Waals surface area contributed by atoms with Crippen molar-refractivity contribution in [3.8, 4) is 5.75 Å². The number of rotatable bonds is 4. The summed E-state index contributed by atoms with van der Waals surface area (Å²) in [6.07, 6.45) is 1.35. The Morgan fingerprint density at radius 2 is 2.00 bits per heavy atom. The number of halogens is 2. The highest BCUT2D eigenvalue weighted by molar-refractivity contribution is 6.60. The molecule has 0 saturated carbocycles. The molecule has 1 heterocycles. The maximum absolute atomic E-state index is 13.3. The Hall–Kier alpha value is -2.42. The van der Waals surface area contributed by atoms with Crippen molar-refractivity contribution in [3.05, 3.63) is 47.5 Å². The van der Waals surface area contributed by atoms with Crippen LogP contribution in [-0.2, 0) is 0 Å². The Labute approximate surface area is 142 Å². The Bertz CT molecular complexity index is 911. The van der Waals surface area contributed by atoms with Crippen molar-refractivity contribution >= 4 is 46.6 Å². The SMILES string of the molecule is COc1cc2ncnc(Nc3ccc(F)c(Cl)c3)c2cc1B(O)O. The van der Waals surface area contributed by atoms with Gasteiger partial charge >= 0.3 is 7.12 Å². The number of ether oxygens (including phenoxy) is 1. The van der Waals surface area contributed by atoms with E-state index in [0.717, 1.165) is 0 Å². The molecule has 3 N–H and O–H groups in total. The van der Waals surface area contributed by atoms with Gasteiger partial charge in [0.2, 0.25) is 0 Å². The molecule has 3 rings (SSSR count). The first-order valence-electron chi connectivity index (χ1n) is 6.90. The van der Waals surface area contributed by atoms with Gasteiger partial charge in [-0.3, -0.25) is 0 Å². The van der Waals surface area contributed by atoms with Gasteiger partial charge in [0, 0.05) is 22.6 Å². The summed E-state index contributed by atoms with van der Waals surface area (Å²) in [5.41, 5.74) is 1.25. The summed E-state index contributed by atoms with van der Waals surface area (Å²) in [4.78, 5) is 8.29. The minimum absolute atomic E-state index is 0.0218. The smallest absolute Gasteiger partial charge is 0.492 e. The fourth-order valence-corrected chi connectivity index (χ4v) is 2.47. The van der Waals surface area contributed by atoms with E-state index in [1.165, 1.54) is 37.7 Å². The standard InChI is InChI=1S/C15H12BClFN3O3/c1-24-14-6-13-9(5-10(14)16(22)23)15(20-7-19-13)21-8-2-3-12(18)11(17)4-8/h2-7,22-23H,1H3,(H,19,20,21). The van der Waals surface area contributed by atoms with Crippen molar-refractivity contribution in [1.29, 1.82) is 0 Å². The second-order valence-electron chi connectivity index (χ2n) is 4.96. The van der Waals surface area contributed by atoms with Crippen LogP contribution in [0.15, 0.2) is 36.7 Å². The summed E-state index contributed by atoms with van der Waals surface area (Å²) in [7, 11) is -0.286. The minimum Gasteiger partial charge on any atom is -0.497 e. The fraction of sp³-hybridized carbons (Fsp3) is 0.0667. The average Bonchev–Trinajstić information content (AvgIpc) is 2.57. The van der Waals surface area contributed by atoms with E-state index in [-0.39, 0.29) is 10.5 Å². The third-order valence-corrected chi connectivity index (χ3v) is 3.74. The molecular formula is C15H12BClFN3O3. The van der Waals surface area contributed by atoms with E-state index in [4.69, 9.17) is 16.3 Å². The molecular weight excluding hydrogens is 335 g/mol. The predicted molar refractivity (Wildman–Crippen MR) is 90.6 cm³/mol. The topological polar surface area (TPSA) is 87.5 Å². The summed E-state index contributed by atoms with van der Waals surface area (Å²) < 4.78 is 18.4. The number of hydrogen-bond donors (Lipinski definition) is 3. The lowest BCUT2D eigenvalue weighted by atomic mass is 9.79. The molecule has 1 aromatic heterocycles. The number of anilines is 2. The van der Waals surface area contributed by atoms with Crippen LogP contribution in [0, 0.1) is 5.82 Å². The van der Waals surface area contributed by atoms with Crippen LogP contribution in [0.5, 0.6) is 5.75 Å². The maximum atomic E-state index is 13.3. The van der Waals surface area contributed by atoms with E-state index < -0.39 is 12.9 Å². The molecule has 0 unspecified atom stereocenters. The molecule has 3 aromatic rings. The summed E-state index contributed by atoms with van der Waals surface area (Å²) in [6.45, 7) is 0. The van der Waals surface area contributed by atoms with Crippen molar-refractivity contribution in [1.82, 2.24) is 9.97 Å². The Morgan fingerprint density at radius 3 is 2.67 bits per heavy atom. The van der Waals surface area contributed by atoms with Crippen LogP contribution in [0.3, 0.4) is 0 Å². The number of methoxy groups -OCH3 is 1. The molecule has 0 saturated heterocycles. The van der Waals surface area contributed by atoms with Crippen LogP contribution >= 0.6 is 11.6 Å². The Kier molecular flexibility index (Phi) is 4.52. The predicted octanol–water partition coefficient (Wildman–Crippen LogP) is 1.85. The fourth-order valence-electron chi connectivity index (χ4n) is 2.29. The first kappa shape index (κ1) is 16.4. The summed E-state index contributed by atoms with van der Waals surface area (Å²) in [6, 6.07) is 7.28. The number of hydrogen-bond acceptors (Lipinski definition) is 6. The Morgan fingerprint density at radius 1 is 1.21 bits per heavy atom. The third kappa shape index (κ3) is 3.12. The second kappa shape index (κ2) is 6.60. The lowest BCUT2D eigenvalue weighted by Gasteiger charge is -2.12. The van der Waals surface area contributed by atoms with E-state index in [9.17, 15) is 14.4 Å². The summed E-state index contributed by atoms with van der Waals surface area (Å²) in [5.74, 6) is 0.185. The molecule has 0 spiro atoms. The highest BCUT2D eigenvalue weighted by Crippen LogP contribution is 2.27.